The van der Waals surface area contributed by atoms with Gasteiger partial charge >= 0.3 is 0 Å². The van der Waals surface area contributed by atoms with Gasteiger partial charge < -0.3 is 4.42 Å². The van der Waals surface area contributed by atoms with E-state index in [-0.39, 0.29) is 5.92 Å². The number of fused-ring (bicyclic) bond motifs is 3. The Morgan fingerprint density at radius 1 is 0.392 bits per heavy atom. The molecule has 4 heteroatoms. The van der Waals surface area contributed by atoms with Crippen LogP contribution < -0.4 is 0 Å². The molecule has 0 aliphatic heterocycles. The van der Waals surface area contributed by atoms with Crippen molar-refractivity contribution in [3.8, 4) is 33.9 Å². The van der Waals surface area contributed by atoms with Crippen molar-refractivity contribution in [2.75, 3.05) is 0 Å². The van der Waals surface area contributed by atoms with Crippen LogP contribution in [0.1, 0.15) is 45.1 Å². The van der Waals surface area contributed by atoms with Crippen LogP contribution >= 0.6 is 0 Å². The average Bonchev–Trinajstić information content (AvgIpc) is 3.60. The van der Waals surface area contributed by atoms with Crippen LogP contribution in [0.4, 0.5) is 0 Å². The summed E-state index contributed by atoms with van der Waals surface area (Å²) in [6.07, 6.45) is 0. The summed E-state index contributed by atoms with van der Waals surface area (Å²) < 4.78 is 6.88. The molecule has 0 saturated carbocycles. The lowest BCUT2D eigenvalue weighted by Crippen LogP contribution is -2.44. The quantitative estimate of drug-likeness (QED) is 0.190. The van der Waals surface area contributed by atoms with E-state index >= 15 is 0 Å². The van der Waals surface area contributed by atoms with Crippen LogP contribution in [-0.2, 0) is 5.41 Å². The van der Waals surface area contributed by atoms with Crippen LogP contribution in [-0.4, -0.2) is 15.0 Å². The first-order chi connectivity index (χ1) is 25.3. The molecular formula is C47H29N3O. The molecule has 0 radical (unpaired) electrons. The van der Waals surface area contributed by atoms with Crippen molar-refractivity contribution in [1.29, 1.82) is 0 Å². The lowest BCUT2D eigenvalue weighted by molar-refractivity contribution is 0.591. The Balaban J connectivity index is 1.24. The molecule has 0 amide bonds. The third-order valence-corrected chi connectivity index (χ3v) is 10.9. The van der Waals surface area contributed by atoms with E-state index < -0.39 is 5.41 Å². The number of hydrogen-bond acceptors (Lipinski definition) is 4. The van der Waals surface area contributed by atoms with Crippen molar-refractivity contribution in [3.63, 3.8) is 0 Å². The second-order valence-corrected chi connectivity index (χ2v) is 13.4. The zero-order valence-corrected chi connectivity index (χ0v) is 27.5. The largest absolute Gasteiger partial charge is 0.455 e. The number of para-hydroxylation sites is 2. The van der Waals surface area contributed by atoms with Gasteiger partial charge in [-0.15, -0.1) is 0 Å². The Morgan fingerprint density at radius 2 is 0.863 bits per heavy atom. The molecule has 2 bridgehead atoms. The summed E-state index contributed by atoms with van der Waals surface area (Å²) in [4.78, 5) is 16.2. The van der Waals surface area contributed by atoms with Gasteiger partial charge in [-0.1, -0.05) is 164 Å². The minimum absolute atomic E-state index is 0.147. The molecule has 4 nitrogen and oxygen atoms in total. The highest BCUT2D eigenvalue weighted by atomic mass is 16.3. The molecule has 2 aromatic heterocycles. The van der Waals surface area contributed by atoms with E-state index in [9.17, 15) is 0 Å². The zero-order chi connectivity index (χ0) is 33.5. The number of benzene rings is 7. The first kappa shape index (κ1) is 28.2. The Hall–Kier alpha value is -6.65. The lowest BCUT2D eigenvalue weighted by Gasteiger charge is -2.49. The highest BCUT2D eigenvalue weighted by Crippen LogP contribution is 2.61. The van der Waals surface area contributed by atoms with Gasteiger partial charge in [0.25, 0.3) is 0 Å². The summed E-state index contributed by atoms with van der Waals surface area (Å²) in [7, 11) is 0. The minimum Gasteiger partial charge on any atom is -0.455 e. The summed E-state index contributed by atoms with van der Waals surface area (Å²) in [5, 5.41) is 2.09. The summed E-state index contributed by atoms with van der Waals surface area (Å²) >= 11 is 0. The zero-order valence-electron chi connectivity index (χ0n) is 27.5. The summed E-state index contributed by atoms with van der Waals surface area (Å²) in [6.45, 7) is 0. The first-order valence-corrected chi connectivity index (χ1v) is 17.4. The van der Waals surface area contributed by atoms with Gasteiger partial charge in [-0.25, -0.2) is 15.0 Å². The highest BCUT2D eigenvalue weighted by Gasteiger charge is 2.54. The molecule has 0 fully saturated rings. The lowest BCUT2D eigenvalue weighted by atomic mass is 9.52. The summed E-state index contributed by atoms with van der Waals surface area (Å²) in [6, 6.07) is 59.8. The topological polar surface area (TPSA) is 51.8 Å². The SMILES string of the molecule is c1ccc(-c2nc(-c3cccc4c3oc3c(-c5ccccc5)cccc34)nc(C34c5ccccc5C(c5ccccc53)c3ccccc34)n2)cc1. The third-order valence-electron chi connectivity index (χ3n) is 10.9. The van der Waals surface area contributed by atoms with Gasteiger partial charge in [-0.2, -0.15) is 0 Å². The molecule has 0 N–H and O–H groups in total. The van der Waals surface area contributed by atoms with Gasteiger partial charge in [0.2, 0.25) is 0 Å². The van der Waals surface area contributed by atoms with Gasteiger partial charge in [0.1, 0.15) is 16.6 Å². The molecule has 2 heterocycles. The molecule has 238 valence electrons. The van der Waals surface area contributed by atoms with Gasteiger partial charge in [0.15, 0.2) is 17.5 Å². The molecule has 0 atom stereocenters. The molecule has 12 rings (SSSR count). The third kappa shape index (κ3) is 3.87. The van der Waals surface area contributed by atoms with Crippen LogP contribution in [0.15, 0.2) is 174 Å². The fraction of sp³-hybridized carbons (Fsp3) is 0.0426. The average molecular weight is 652 g/mol. The predicted octanol–water partition coefficient (Wildman–Crippen LogP) is 11.0. The molecular weight excluding hydrogens is 623 g/mol. The second kappa shape index (κ2) is 10.7. The van der Waals surface area contributed by atoms with E-state index in [0.717, 1.165) is 44.2 Å². The minimum atomic E-state index is -0.748. The van der Waals surface area contributed by atoms with Gasteiger partial charge in [-0.05, 0) is 45.0 Å². The molecule has 3 aliphatic carbocycles. The fourth-order valence-electron chi connectivity index (χ4n) is 8.79. The van der Waals surface area contributed by atoms with Crippen LogP contribution in [0, 0.1) is 0 Å². The molecule has 0 saturated heterocycles. The van der Waals surface area contributed by atoms with Crippen molar-refractivity contribution in [1.82, 2.24) is 15.0 Å². The number of nitrogens with zero attached hydrogens (tertiary/aromatic N) is 3. The fourth-order valence-corrected chi connectivity index (χ4v) is 8.79. The van der Waals surface area contributed by atoms with Crippen LogP contribution in [0.25, 0.3) is 55.8 Å². The maximum absolute atomic E-state index is 6.88. The maximum Gasteiger partial charge on any atom is 0.167 e. The van der Waals surface area contributed by atoms with Crippen molar-refractivity contribution >= 4 is 21.9 Å². The molecule has 0 spiro atoms. The van der Waals surface area contributed by atoms with E-state index in [1.54, 1.807) is 0 Å². The normalized spacial score (nSPS) is 16.9. The van der Waals surface area contributed by atoms with Crippen LogP contribution in [0.5, 0.6) is 0 Å². The molecule has 3 aliphatic rings. The predicted molar refractivity (Wildman–Crippen MR) is 203 cm³/mol. The Kier molecular flexibility index (Phi) is 5.90. The highest BCUT2D eigenvalue weighted by molar-refractivity contribution is 6.12. The Labute approximate surface area is 294 Å². The van der Waals surface area contributed by atoms with Crippen LogP contribution in [0.3, 0.4) is 0 Å². The number of furan rings is 1. The van der Waals surface area contributed by atoms with Crippen molar-refractivity contribution in [2.45, 2.75) is 11.3 Å². The standard InChI is InChI=1S/C47H29N3O/c1-3-15-29(16-4-1)31-22-13-23-32-33-24-14-25-37(43(33)51-42(31)32)45-48-44(30-17-5-2-6-18-30)49-46(50-45)47-38-26-10-7-19-34(38)41(35-20-8-11-27-39(35)47)36-21-9-12-28-40(36)47/h1-28,41H. The molecule has 9 aromatic rings. The Morgan fingerprint density at radius 3 is 1.45 bits per heavy atom. The van der Waals surface area contributed by atoms with Crippen molar-refractivity contribution in [2.24, 2.45) is 0 Å². The van der Waals surface area contributed by atoms with E-state index in [1.165, 1.54) is 33.4 Å². The van der Waals surface area contributed by atoms with E-state index in [1.807, 2.05) is 24.3 Å². The van der Waals surface area contributed by atoms with Crippen molar-refractivity contribution < 1.29 is 4.42 Å². The van der Waals surface area contributed by atoms with E-state index in [0.29, 0.717) is 17.5 Å². The van der Waals surface area contributed by atoms with Crippen molar-refractivity contribution in [3.05, 3.63) is 209 Å². The molecule has 7 aromatic carbocycles. The number of aromatic nitrogens is 3. The van der Waals surface area contributed by atoms with Gasteiger partial charge in [0, 0.05) is 27.8 Å². The van der Waals surface area contributed by atoms with Gasteiger partial charge in [-0.3, -0.25) is 0 Å². The van der Waals surface area contributed by atoms with E-state index in [2.05, 4.69) is 146 Å². The maximum atomic E-state index is 6.88. The monoisotopic (exact) mass is 651 g/mol. The first-order valence-electron chi connectivity index (χ1n) is 17.4. The number of rotatable bonds is 4. The Bertz CT molecular complexity index is 2710. The molecule has 51 heavy (non-hydrogen) atoms. The smallest absolute Gasteiger partial charge is 0.167 e. The number of hydrogen-bond donors (Lipinski definition) is 0. The molecule has 0 unspecified atom stereocenters. The second-order valence-electron chi connectivity index (χ2n) is 13.4. The van der Waals surface area contributed by atoms with Crippen LogP contribution in [0.2, 0.25) is 0 Å². The van der Waals surface area contributed by atoms with E-state index in [4.69, 9.17) is 19.4 Å². The summed E-state index contributed by atoms with van der Waals surface area (Å²) in [5.74, 6) is 2.06. The summed E-state index contributed by atoms with van der Waals surface area (Å²) in [5.41, 5.74) is 12.3. The van der Waals surface area contributed by atoms with Gasteiger partial charge in [0.05, 0.1) is 5.56 Å².